The average molecular weight is 387 g/mol. The molecule has 0 radical (unpaired) electrons. The fraction of sp³-hybridized carbons (Fsp3) is 1.00. The normalized spacial score (nSPS) is 12.4. The predicted octanol–water partition coefficient (Wildman–Crippen LogP) is -7.68. The molecule has 0 aliphatic rings. The monoisotopic (exact) mass is 386 g/mol. The molecule has 0 spiro atoms. The SMILES string of the molecule is CC(C)(N)C(C)(C)N.O=S(=O)([O-])OOS(=O)(=O)[O-].[K+].[K+]. The summed E-state index contributed by atoms with van der Waals surface area (Å²) in [6.45, 7) is 7.69. The van der Waals surface area contributed by atoms with Gasteiger partial charge in [0.2, 0.25) is 20.8 Å². The van der Waals surface area contributed by atoms with Crippen LogP contribution < -0.4 is 114 Å². The van der Waals surface area contributed by atoms with Crippen molar-refractivity contribution in [2.24, 2.45) is 11.5 Å². The van der Waals surface area contributed by atoms with Gasteiger partial charge in [0.1, 0.15) is 0 Å². The van der Waals surface area contributed by atoms with E-state index in [0.717, 1.165) is 0 Å². The van der Waals surface area contributed by atoms with Crippen LogP contribution in [-0.2, 0) is 29.5 Å². The molecule has 0 rings (SSSR count). The van der Waals surface area contributed by atoms with Gasteiger partial charge in [0.15, 0.2) is 0 Å². The van der Waals surface area contributed by atoms with Crippen LogP contribution >= 0.6 is 0 Å². The second kappa shape index (κ2) is 11.5. The van der Waals surface area contributed by atoms with E-state index in [1.807, 2.05) is 27.7 Å². The molecule has 0 amide bonds. The Morgan fingerprint density at radius 1 is 0.750 bits per heavy atom. The standard InChI is InChI=1S/C6H16N2.2K.H2O8S2/c1-5(2,7)6(3,4)8;;;1-9(2,3)7-8-10(4,5)6/h7-8H2,1-4H3;;;(H,1,2,3)(H,4,5,6)/q;2*+1;/p-2. The van der Waals surface area contributed by atoms with Gasteiger partial charge < -0.3 is 20.6 Å². The molecule has 0 fully saturated rings. The summed E-state index contributed by atoms with van der Waals surface area (Å²) < 4.78 is 61.5. The van der Waals surface area contributed by atoms with Crippen molar-refractivity contribution in [1.29, 1.82) is 0 Å². The first-order chi connectivity index (χ1) is 7.46. The smallest absolute Gasteiger partial charge is 0.724 e. The zero-order valence-corrected chi connectivity index (χ0v) is 20.1. The summed E-state index contributed by atoms with van der Waals surface area (Å²) in [7, 11) is -10.6. The number of nitrogens with two attached hydrogens (primary N) is 2. The largest absolute Gasteiger partial charge is 1.00 e. The molecule has 0 aromatic heterocycles. The Balaban J connectivity index is -0.000000119. The van der Waals surface area contributed by atoms with Crippen molar-refractivity contribution in [3.63, 3.8) is 0 Å². The molecule has 10 nitrogen and oxygen atoms in total. The molecule has 0 heterocycles. The first-order valence-corrected chi connectivity index (χ1v) is 6.99. The Morgan fingerprint density at radius 3 is 0.950 bits per heavy atom. The van der Waals surface area contributed by atoms with Gasteiger partial charge in [-0.1, -0.05) is 0 Å². The summed E-state index contributed by atoms with van der Waals surface area (Å²) in [4.78, 5) is 0. The molecule has 0 bridgehead atoms. The maximum absolute atomic E-state index is 9.37. The fourth-order valence-electron chi connectivity index (χ4n) is 0.0680. The second-order valence-electron chi connectivity index (χ2n) is 4.40. The van der Waals surface area contributed by atoms with Gasteiger partial charge in [-0.3, -0.25) is 0 Å². The van der Waals surface area contributed by atoms with Crippen molar-refractivity contribution in [3.8, 4) is 0 Å². The van der Waals surface area contributed by atoms with Crippen molar-refractivity contribution < 1.29 is 137 Å². The van der Waals surface area contributed by atoms with E-state index in [0.29, 0.717) is 0 Å². The molecule has 0 saturated carbocycles. The Hall–Kier alpha value is 2.93. The van der Waals surface area contributed by atoms with Crippen molar-refractivity contribution in [2.45, 2.75) is 38.8 Å². The Bertz CT molecular complexity index is 406. The van der Waals surface area contributed by atoms with Gasteiger partial charge in [-0.2, -0.15) is 0 Å². The molecule has 0 aromatic carbocycles. The van der Waals surface area contributed by atoms with Crippen LogP contribution in [-0.4, -0.2) is 37.0 Å². The topological polar surface area (TPSA) is 185 Å². The maximum atomic E-state index is 9.37. The quantitative estimate of drug-likeness (QED) is 0.154. The number of hydrogen-bond donors (Lipinski definition) is 2. The minimum Gasteiger partial charge on any atom is -0.724 e. The van der Waals surface area contributed by atoms with Crippen LogP contribution in [0.25, 0.3) is 0 Å². The van der Waals surface area contributed by atoms with E-state index >= 15 is 0 Å². The molecule has 0 saturated heterocycles. The molecule has 0 atom stereocenters. The van der Waals surface area contributed by atoms with E-state index in [1.54, 1.807) is 0 Å². The van der Waals surface area contributed by atoms with Crippen molar-refractivity contribution in [2.75, 3.05) is 0 Å². The number of rotatable bonds is 4. The van der Waals surface area contributed by atoms with Gasteiger partial charge in [0.05, 0.1) is 0 Å². The molecule has 0 aliphatic heterocycles. The summed E-state index contributed by atoms with van der Waals surface area (Å²) in [6, 6.07) is 0. The van der Waals surface area contributed by atoms with Crippen LogP contribution in [0.3, 0.4) is 0 Å². The minimum atomic E-state index is -5.31. The Morgan fingerprint density at radius 2 is 0.900 bits per heavy atom. The average Bonchev–Trinajstić information content (AvgIpc) is 1.95. The van der Waals surface area contributed by atoms with E-state index in [-0.39, 0.29) is 114 Å². The number of hydrogen-bond acceptors (Lipinski definition) is 10. The van der Waals surface area contributed by atoms with Gasteiger partial charge in [-0.05, 0) is 27.7 Å². The predicted molar refractivity (Wildman–Crippen MR) is 58.1 cm³/mol. The third-order valence-electron chi connectivity index (χ3n) is 1.86. The maximum Gasteiger partial charge on any atom is 1.00 e. The van der Waals surface area contributed by atoms with Gasteiger partial charge in [-0.15, -0.1) is 8.67 Å². The molecule has 14 heteroatoms. The minimum absolute atomic E-state index is 0. The van der Waals surface area contributed by atoms with E-state index in [2.05, 4.69) is 8.67 Å². The first kappa shape index (κ1) is 30.8. The molecule has 4 N–H and O–H groups in total. The van der Waals surface area contributed by atoms with Gasteiger partial charge >= 0.3 is 103 Å². The zero-order chi connectivity index (χ0) is 15.4. The van der Waals surface area contributed by atoms with Crippen LogP contribution in [0.4, 0.5) is 0 Å². The third-order valence-corrected chi connectivity index (χ3v) is 2.41. The van der Waals surface area contributed by atoms with Gasteiger partial charge in [0.25, 0.3) is 0 Å². The van der Waals surface area contributed by atoms with E-state index < -0.39 is 20.8 Å². The fourth-order valence-corrected chi connectivity index (χ4v) is 0.612. The third kappa shape index (κ3) is 23.2. The van der Waals surface area contributed by atoms with Gasteiger partial charge in [0, 0.05) is 11.1 Å². The van der Waals surface area contributed by atoms with Crippen LogP contribution in [0.15, 0.2) is 0 Å². The van der Waals surface area contributed by atoms with E-state index in [9.17, 15) is 25.9 Å². The van der Waals surface area contributed by atoms with E-state index in [4.69, 9.17) is 11.5 Å². The summed E-state index contributed by atoms with van der Waals surface area (Å²) in [5.41, 5.74) is 10.8. The van der Waals surface area contributed by atoms with Crippen molar-refractivity contribution >= 4 is 20.8 Å². The summed E-state index contributed by atoms with van der Waals surface area (Å²) >= 11 is 0. The molecule has 0 aromatic rings. The molecular formula is C6H16K2N2O8S2. The van der Waals surface area contributed by atoms with Crippen molar-refractivity contribution in [3.05, 3.63) is 0 Å². The molecular weight excluding hydrogens is 370 g/mol. The van der Waals surface area contributed by atoms with Crippen LogP contribution in [0, 0.1) is 0 Å². The Kier molecular flexibility index (Phi) is 17.7. The molecule has 0 aliphatic carbocycles. The molecule has 112 valence electrons. The van der Waals surface area contributed by atoms with E-state index in [1.165, 1.54) is 0 Å². The first-order valence-electron chi connectivity index (χ1n) is 4.33. The van der Waals surface area contributed by atoms with Crippen LogP contribution in [0.5, 0.6) is 0 Å². The summed E-state index contributed by atoms with van der Waals surface area (Å²) in [6.07, 6.45) is 0. The van der Waals surface area contributed by atoms with Crippen LogP contribution in [0.2, 0.25) is 0 Å². The van der Waals surface area contributed by atoms with Crippen LogP contribution in [0.1, 0.15) is 27.7 Å². The zero-order valence-electron chi connectivity index (χ0n) is 12.2. The molecule has 0 unspecified atom stereocenters. The molecule has 20 heavy (non-hydrogen) atoms. The summed E-state index contributed by atoms with van der Waals surface area (Å²) in [5, 5.41) is 0. The van der Waals surface area contributed by atoms with Crippen molar-refractivity contribution in [1.82, 2.24) is 0 Å². The Labute approximate surface area is 204 Å². The summed E-state index contributed by atoms with van der Waals surface area (Å²) in [5.74, 6) is 0. The van der Waals surface area contributed by atoms with Gasteiger partial charge in [-0.25, -0.2) is 16.8 Å². The second-order valence-corrected chi connectivity index (χ2v) is 6.30.